The van der Waals surface area contributed by atoms with Gasteiger partial charge in [0.15, 0.2) is 0 Å². The lowest BCUT2D eigenvalue weighted by Gasteiger charge is -2.27. The number of nitrogens with two attached hydrogens (primary N) is 1. The monoisotopic (exact) mass is 287 g/mol. The summed E-state index contributed by atoms with van der Waals surface area (Å²) < 4.78 is 7.87. The molecule has 21 heavy (non-hydrogen) atoms. The van der Waals surface area contributed by atoms with Gasteiger partial charge in [-0.05, 0) is 32.8 Å². The highest BCUT2D eigenvalue weighted by Gasteiger charge is 2.21. The number of hydrogen-bond donors (Lipinski definition) is 1. The molecule has 0 aliphatic carbocycles. The lowest BCUT2D eigenvalue weighted by Crippen LogP contribution is -2.32. The summed E-state index contributed by atoms with van der Waals surface area (Å²) in [5.41, 5.74) is 8.42. The van der Waals surface area contributed by atoms with E-state index in [4.69, 9.17) is 10.5 Å². The van der Waals surface area contributed by atoms with Gasteiger partial charge in [0.25, 0.3) is 0 Å². The normalized spacial score (nSPS) is 13.3. The largest absolute Gasteiger partial charge is 0.374 e. The number of aromatic nitrogens is 2. The summed E-state index contributed by atoms with van der Waals surface area (Å²) in [6, 6.07) is 10.2. The van der Waals surface area contributed by atoms with Crippen LogP contribution in [-0.4, -0.2) is 21.8 Å². The molecule has 0 radical (unpaired) electrons. The second-order valence-corrected chi connectivity index (χ2v) is 5.94. The Kier molecular flexibility index (Phi) is 5.15. The van der Waals surface area contributed by atoms with Gasteiger partial charge in [0.2, 0.25) is 0 Å². The number of imidazole rings is 1. The number of rotatable bonds is 7. The minimum atomic E-state index is -0.226. The number of nitrogens with zero attached hydrogens (tertiary/aromatic N) is 2. The quantitative estimate of drug-likeness (QED) is 0.852. The van der Waals surface area contributed by atoms with Crippen molar-refractivity contribution < 1.29 is 4.74 Å². The first kappa shape index (κ1) is 15.7. The molecule has 2 rings (SSSR count). The van der Waals surface area contributed by atoms with E-state index in [1.807, 2.05) is 37.6 Å². The Labute approximate surface area is 127 Å². The standard InChI is InChI=1S/C17H25N3O/c1-4-21-17(2,3)12-20-13-19-11-16(20)15(18)10-14-8-6-5-7-9-14/h5-9,11,13,15H,4,10,12,18H2,1-3H3/t15-/m1/s1. The molecule has 114 valence electrons. The van der Waals surface area contributed by atoms with E-state index >= 15 is 0 Å². The lowest BCUT2D eigenvalue weighted by atomic mass is 10.0. The number of benzene rings is 1. The molecule has 1 heterocycles. The van der Waals surface area contributed by atoms with Gasteiger partial charge in [-0.25, -0.2) is 4.98 Å². The van der Waals surface area contributed by atoms with Crippen LogP contribution in [0.4, 0.5) is 0 Å². The van der Waals surface area contributed by atoms with Gasteiger partial charge in [-0.1, -0.05) is 30.3 Å². The summed E-state index contributed by atoms with van der Waals surface area (Å²) in [5.74, 6) is 0. The Morgan fingerprint density at radius 1 is 1.29 bits per heavy atom. The van der Waals surface area contributed by atoms with Gasteiger partial charge in [0.05, 0.1) is 30.2 Å². The van der Waals surface area contributed by atoms with Crippen molar-refractivity contribution in [2.45, 2.75) is 45.4 Å². The molecule has 4 heteroatoms. The fourth-order valence-electron chi connectivity index (χ4n) is 2.59. The third-order valence-electron chi connectivity index (χ3n) is 3.51. The molecule has 0 amide bonds. The van der Waals surface area contributed by atoms with Gasteiger partial charge in [0.1, 0.15) is 0 Å². The van der Waals surface area contributed by atoms with Crippen molar-refractivity contribution in [3.63, 3.8) is 0 Å². The first-order chi connectivity index (χ1) is 10.0. The molecule has 0 saturated heterocycles. The highest BCUT2D eigenvalue weighted by atomic mass is 16.5. The summed E-state index contributed by atoms with van der Waals surface area (Å²) in [6.07, 6.45) is 4.50. The van der Waals surface area contributed by atoms with Crippen LogP contribution in [0.25, 0.3) is 0 Å². The molecular weight excluding hydrogens is 262 g/mol. The van der Waals surface area contributed by atoms with E-state index in [0.717, 1.165) is 18.7 Å². The van der Waals surface area contributed by atoms with Crippen LogP contribution in [0.2, 0.25) is 0 Å². The van der Waals surface area contributed by atoms with Gasteiger partial charge in [-0.2, -0.15) is 0 Å². The molecule has 2 aromatic rings. The third-order valence-corrected chi connectivity index (χ3v) is 3.51. The molecular formula is C17H25N3O. The van der Waals surface area contributed by atoms with E-state index in [0.29, 0.717) is 6.61 Å². The molecule has 1 aromatic heterocycles. The van der Waals surface area contributed by atoms with E-state index in [-0.39, 0.29) is 11.6 Å². The van der Waals surface area contributed by atoms with Crippen molar-refractivity contribution in [2.24, 2.45) is 5.73 Å². The van der Waals surface area contributed by atoms with Crippen LogP contribution in [-0.2, 0) is 17.7 Å². The molecule has 0 bridgehead atoms. The first-order valence-corrected chi connectivity index (χ1v) is 7.45. The maximum absolute atomic E-state index is 6.36. The van der Waals surface area contributed by atoms with E-state index in [2.05, 4.69) is 35.5 Å². The van der Waals surface area contributed by atoms with Crippen LogP contribution >= 0.6 is 0 Å². The van der Waals surface area contributed by atoms with Gasteiger partial charge in [0, 0.05) is 12.8 Å². The van der Waals surface area contributed by atoms with Gasteiger partial charge in [-0.15, -0.1) is 0 Å². The van der Waals surface area contributed by atoms with E-state index in [1.54, 1.807) is 0 Å². The maximum atomic E-state index is 6.36. The molecule has 0 unspecified atom stereocenters. The summed E-state index contributed by atoms with van der Waals surface area (Å²) >= 11 is 0. The van der Waals surface area contributed by atoms with Crippen LogP contribution in [0.5, 0.6) is 0 Å². The minimum Gasteiger partial charge on any atom is -0.374 e. The molecule has 0 aliphatic rings. The van der Waals surface area contributed by atoms with Crippen molar-refractivity contribution >= 4 is 0 Å². The predicted molar refractivity (Wildman–Crippen MR) is 85.0 cm³/mol. The Bertz CT molecular complexity index is 548. The number of ether oxygens (including phenoxy) is 1. The van der Waals surface area contributed by atoms with E-state index in [1.165, 1.54) is 5.56 Å². The summed E-state index contributed by atoms with van der Waals surface area (Å²) in [5, 5.41) is 0. The Balaban J connectivity index is 2.09. The summed E-state index contributed by atoms with van der Waals surface area (Å²) in [6.45, 7) is 7.63. The third kappa shape index (κ3) is 4.41. The van der Waals surface area contributed by atoms with Gasteiger partial charge in [-0.3, -0.25) is 0 Å². The zero-order valence-corrected chi connectivity index (χ0v) is 13.1. The second-order valence-electron chi connectivity index (χ2n) is 5.94. The molecule has 4 nitrogen and oxygen atoms in total. The van der Waals surface area contributed by atoms with Crippen LogP contribution in [0.3, 0.4) is 0 Å². The zero-order valence-electron chi connectivity index (χ0n) is 13.1. The van der Waals surface area contributed by atoms with Crippen molar-refractivity contribution in [3.8, 4) is 0 Å². The van der Waals surface area contributed by atoms with Crippen LogP contribution in [0.1, 0.15) is 38.1 Å². The minimum absolute atomic E-state index is 0.0627. The molecule has 0 saturated carbocycles. The smallest absolute Gasteiger partial charge is 0.0949 e. The van der Waals surface area contributed by atoms with Crippen molar-refractivity contribution in [1.82, 2.24) is 9.55 Å². The van der Waals surface area contributed by atoms with E-state index in [9.17, 15) is 0 Å². The fraction of sp³-hybridized carbons (Fsp3) is 0.471. The van der Waals surface area contributed by atoms with Gasteiger partial charge < -0.3 is 15.0 Å². The first-order valence-electron chi connectivity index (χ1n) is 7.45. The Morgan fingerprint density at radius 2 is 2.00 bits per heavy atom. The summed E-state index contributed by atoms with van der Waals surface area (Å²) in [4.78, 5) is 4.26. The van der Waals surface area contributed by atoms with Crippen molar-refractivity contribution in [1.29, 1.82) is 0 Å². The fourth-order valence-corrected chi connectivity index (χ4v) is 2.59. The highest BCUT2D eigenvalue weighted by molar-refractivity contribution is 5.18. The molecule has 0 spiro atoms. The topological polar surface area (TPSA) is 53.1 Å². The van der Waals surface area contributed by atoms with Crippen molar-refractivity contribution in [3.05, 3.63) is 54.1 Å². The van der Waals surface area contributed by atoms with Crippen LogP contribution < -0.4 is 5.73 Å². The van der Waals surface area contributed by atoms with E-state index < -0.39 is 0 Å². The predicted octanol–water partition coefficient (Wildman–Crippen LogP) is 2.94. The SMILES string of the molecule is CCOC(C)(C)Cn1cncc1[C@H](N)Cc1ccccc1. The average molecular weight is 287 g/mol. The summed E-state index contributed by atoms with van der Waals surface area (Å²) in [7, 11) is 0. The van der Waals surface area contributed by atoms with Crippen molar-refractivity contribution in [2.75, 3.05) is 6.61 Å². The lowest BCUT2D eigenvalue weighted by molar-refractivity contribution is -0.0230. The number of hydrogen-bond acceptors (Lipinski definition) is 3. The Hall–Kier alpha value is -1.65. The molecule has 0 fully saturated rings. The Morgan fingerprint density at radius 3 is 2.67 bits per heavy atom. The maximum Gasteiger partial charge on any atom is 0.0949 e. The molecule has 0 aliphatic heterocycles. The average Bonchev–Trinajstić information content (AvgIpc) is 2.87. The van der Waals surface area contributed by atoms with Crippen LogP contribution in [0, 0.1) is 0 Å². The molecule has 1 atom stereocenters. The molecule has 1 aromatic carbocycles. The second kappa shape index (κ2) is 6.87. The van der Waals surface area contributed by atoms with Crippen LogP contribution in [0.15, 0.2) is 42.9 Å². The zero-order chi connectivity index (χ0) is 15.3. The molecule has 2 N–H and O–H groups in total. The highest BCUT2D eigenvalue weighted by Crippen LogP contribution is 2.19. The van der Waals surface area contributed by atoms with Gasteiger partial charge >= 0.3 is 0 Å².